The molecule has 0 unspecified atom stereocenters. The molecule has 2 aromatic rings. The van der Waals surface area contributed by atoms with Gasteiger partial charge in [-0.1, -0.05) is 0 Å². The third kappa shape index (κ3) is 2.40. The Morgan fingerprint density at radius 3 is 2.55 bits per heavy atom. The standard InChI is InChI=1S/C12H14N4O4/c1-14-5-8(4-13-14)9-6-16(7-10(17)20-3)12(19)15(2)11(9)18/h4-6H,7H2,1-3H3. The Hall–Kier alpha value is -2.64. The Kier molecular flexibility index (Phi) is 3.55. The fourth-order valence-electron chi connectivity index (χ4n) is 1.80. The first-order valence-corrected chi connectivity index (χ1v) is 5.80. The lowest BCUT2D eigenvalue weighted by Gasteiger charge is -2.08. The van der Waals surface area contributed by atoms with Gasteiger partial charge < -0.3 is 4.74 Å². The van der Waals surface area contributed by atoms with E-state index in [4.69, 9.17) is 0 Å². The molecular weight excluding hydrogens is 264 g/mol. The van der Waals surface area contributed by atoms with Gasteiger partial charge in [-0.25, -0.2) is 4.79 Å². The zero-order chi connectivity index (χ0) is 14.9. The number of nitrogens with zero attached hydrogens (tertiary/aromatic N) is 4. The van der Waals surface area contributed by atoms with E-state index >= 15 is 0 Å². The van der Waals surface area contributed by atoms with Gasteiger partial charge in [-0.3, -0.25) is 23.4 Å². The molecule has 0 N–H and O–H groups in total. The van der Waals surface area contributed by atoms with Crippen LogP contribution in [0.25, 0.3) is 11.1 Å². The minimum Gasteiger partial charge on any atom is -0.468 e. The Morgan fingerprint density at radius 1 is 1.30 bits per heavy atom. The number of ether oxygens (including phenoxy) is 1. The van der Waals surface area contributed by atoms with E-state index in [1.807, 2.05) is 0 Å². The van der Waals surface area contributed by atoms with Crippen LogP contribution in [0.3, 0.4) is 0 Å². The molecule has 0 saturated carbocycles. The van der Waals surface area contributed by atoms with E-state index in [1.54, 1.807) is 17.9 Å². The van der Waals surface area contributed by atoms with Crippen molar-refractivity contribution in [3.63, 3.8) is 0 Å². The lowest BCUT2D eigenvalue weighted by Crippen LogP contribution is -2.39. The van der Waals surface area contributed by atoms with Gasteiger partial charge in [0.25, 0.3) is 5.56 Å². The molecule has 2 rings (SSSR count). The van der Waals surface area contributed by atoms with Crippen LogP contribution in [0, 0.1) is 0 Å². The van der Waals surface area contributed by atoms with Crippen molar-refractivity contribution in [2.45, 2.75) is 6.54 Å². The lowest BCUT2D eigenvalue weighted by molar-refractivity contribution is -0.141. The molecule has 0 aliphatic heterocycles. The SMILES string of the molecule is COC(=O)Cn1cc(-c2cnn(C)c2)c(=O)n(C)c1=O. The monoisotopic (exact) mass is 278 g/mol. The van der Waals surface area contributed by atoms with Crippen molar-refractivity contribution in [2.24, 2.45) is 14.1 Å². The number of aromatic nitrogens is 4. The van der Waals surface area contributed by atoms with Crippen LogP contribution in [0.2, 0.25) is 0 Å². The number of hydrogen-bond donors (Lipinski definition) is 0. The van der Waals surface area contributed by atoms with Crippen molar-refractivity contribution in [3.05, 3.63) is 39.4 Å². The predicted octanol–water partition coefficient (Wildman–Crippen LogP) is -0.879. The molecule has 8 nitrogen and oxygen atoms in total. The summed E-state index contributed by atoms with van der Waals surface area (Å²) in [7, 11) is 4.31. The summed E-state index contributed by atoms with van der Waals surface area (Å²) in [6.07, 6.45) is 4.52. The van der Waals surface area contributed by atoms with Crippen LogP contribution < -0.4 is 11.2 Å². The molecule has 0 radical (unpaired) electrons. The van der Waals surface area contributed by atoms with E-state index in [0.29, 0.717) is 11.1 Å². The second-order valence-corrected chi connectivity index (χ2v) is 4.30. The highest BCUT2D eigenvalue weighted by Gasteiger charge is 2.13. The predicted molar refractivity (Wildman–Crippen MR) is 70.2 cm³/mol. The Morgan fingerprint density at radius 2 is 2.00 bits per heavy atom. The molecular formula is C12H14N4O4. The molecule has 0 atom stereocenters. The second kappa shape index (κ2) is 5.16. The second-order valence-electron chi connectivity index (χ2n) is 4.30. The smallest absolute Gasteiger partial charge is 0.331 e. The maximum absolute atomic E-state index is 12.1. The molecule has 0 aliphatic rings. The molecule has 106 valence electrons. The summed E-state index contributed by atoms with van der Waals surface area (Å²) in [4.78, 5) is 35.3. The number of esters is 1. The molecule has 0 aromatic carbocycles. The molecule has 0 fully saturated rings. The number of methoxy groups -OCH3 is 1. The summed E-state index contributed by atoms with van der Waals surface area (Å²) in [5, 5.41) is 3.98. The normalized spacial score (nSPS) is 10.6. The maximum atomic E-state index is 12.1. The van der Waals surface area contributed by atoms with Crippen LogP contribution in [-0.4, -0.2) is 32.0 Å². The molecule has 0 amide bonds. The van der Waals surface area contributed by atoms with Gasteiger partial charge in [0.2, 0.25) is 0 Å². The van der Waals surface area contributed by atoms with Crippen LogP contribution >= 0.6 is 0 Å². The van der Waals surface area contributed by atoms with Gasteiger partial charge in [0.15, 0.2) is 0 Å². The minimum atomic E-state index is -0.576. The number of hydrogen-bond acceptors (Lipinski definition) is 5. The minimum absolute atomic E-state index is 0.253. The first kappa shape index (κ1) is 13.8. The zero-order valence-electron chi connectivity index (χ0n) is 11.4. The first-order valence-electron chi connectivity index (χ1n) is 5.80. The summed E-state index contributed by atoms with van der Waals surface area (Å²) < 4.78 is 8.16. The van der Waals surface area contributed by atoms with Crippen LogP contribution in [0.5, 0.6) is 0 Å². The molecule has 2 aromatic heterocycles. The van der Waals surface area contributed by atoms with Crippen molar-refractivity contribution in [3.8, 4) is 11.1 Å². The largest absolute Gasteiger partial charge is 0.468 e. The van der Waals surface area contributed by atoms with E-state index in [-0.39, 0.29) is 6.54 Å². The summed E-state index contributed by atoms with van der Waals surface area (Å²) in [6.45, 7) is -0.253. The summed E-state index contributed by atoms with van der Waals surface area (Å²) in [5.41, 5.74) is -0.145. The van der Waals surface area contributed by atoms with E-state index in [1.165, 1.54) is 26.6 Å². The van der Waals surface area contributed by atoms with Crippen LogP contribution in [0.1, 0.15) is 0 Å². The van der Waals surface area contributed by atoms with Gasteiger partial charge in [-0.05, 0) is 0 Å². The number of carbonyl (C=O) groups excluding carboxylic acids is 1. The van der Waals surface area contributed by atoms with E-state index in [9.17, 15) is 14.4 Å². The number of aryl methyl sites for hydroxylation is 1. The Bertz CT molecular complexity index is 768. The van der Waals surface area contributed by atoms with Gasteiger partial charge in [-0.2, -0.15) is 5.10 Å². The Labute approximate surface area is 113 Å². The maximum Gasteiger partial charge on any atom is 0.331 e. The van der Waals surface area contributed by atoms with Gasteiger partial charge in [0.1, 0.15) is 6.54 Å². The summed E-state index contributed by atoms with van der Waals surface area (Å²) >= 11 is 0. The quantitative estimate of drug-likeness (QED) is 0.680. The molecule has 2 heterocycles. The topological polar surface area (TPSA) is 88.1 Å². The highest BCUT2D eigenvalue weighted by Crippen LogP contribution is 2.12. The van der Waals surface area contributed by atoms with Crippen LogP contribution in [0.4, 0.5) is 0 Å². The van der Waals surface area contributed by atoms with Crippen molar-refractivity contribution in [1.82, 2.24) is 18.9 Å². The third-order valence-corrected chi connectivity index (χ3v) is 2.90. The van der Waals surface area contributed by atoms with Gasteiger partial charge in [0, 0.05) is 32.1 Å². The van der Waals surface area contributed by atoms with Crippen molar-refractivity contribution >= 4 is 5.97 Å². The van der Waals surface area contributed by atoms with Crippen molar-refractivity contribution < 1.29 is 9.53 Å². The lowest BCUT2D eigenvalue weighted by atomic mass is 10.2. The third-order valence-electron chi connectivity index (χ3n) is 2.90. The van der Waals surface area contributed by atoms with E-state index < -0.39 is 17.2 Å². The molecule has 0 aliphatic carbocycles. The molecule has 0 spiro atoms. The number of carbonyl (C=O) groups is 1. The zero-order valence-corrected chi connectivity index (χ0v) is 11.4. The molecule has 0 bridgehead atoms. The van der Waals surface area contributed by atoms with Crippen LogP contribution in [-0.2, 0) is 30.2 Å². The average molecular weight is 278 g/mol. The summed E-state index contributed by atoms with van der Waals surface area (Å²) in [6, 6.07) is 0. The average Bonchev–Trinajstić information content (AvgIpc) is 2.85. The fourth-order valence-corrected chi connectivity index (χ4v) is 1.80. The fraction of sp³-hybridized carbons (Fsp3) is 0.333. The molecule has 8 heteroatoms. The van der Waals surface area contributed by atoms with Crippen molar-refractivity contribution in [1.29, 1.82) is 0 Å². The molecule has 0 saturated heterocycles. The summed E-state index contributed by atoms with van der Waals surface area (Å²) in [5.74, 6) is -0.567. The van der Waals surface area contributed by atoms with E-state index in [2.05, 4.69) is 9.84 Å². The highest BCUT2D eigenvalue weighted by molar-refractivity contribution is 5.69. The van der Waals surface area contributed by atoms with Gasteiger partial charge in [0.05, 0.1) is 18.9 Å². The van der Waals surface area contributed by atoms with Crippen molar-refractivity contribution in [2.75, 3.05) is 7.11 Å². The highest BCUT2D eigenvalue weighted by atomic mass is 16.5. The van der Waals surface area contributed by atoms with Gasteiger partial charge in [-0.15, -0.1) is 0 Å². The van der Waals surface area contributed by atoms with Gasteiger partial charge >= 0.3 is 11.7 Å². The van der Waals surface area contributed by atoms with E-state index in [0.717, 1.165) is 9.13 Å². The first-order chi connectivity index (χ1) is 9.43. The Balaban J connectivity index is 2.61. The molecule has 20 heavy (non-hydrogen) atoms. The van der Waals surface area contributed by atoms with Crippen LogP contribution in [0.15, 0.2) is 28.2 Å². The number of rotatable bonds is 3.